The molecule has 2 aliphatic heterocycles. The molecular formula is C20H19F2N7O3. The van der Waals surface area contributed by atoms with Crippen LogP contribution in [0.3, 0.4) is 0 Å². The number of aromatic amines is 1. The van der Waals surface area contributed by atoms with Crippen LogP contribution in [0.4, 0.5) is 14.6 Å². The van der Waals surface area contributed by atoms with Crippen molar-refractivity contribution < 1.29 is 17.9 Å². The van der Waals surface area contributed by atoms with E-state index in [0.29, 0.717) is 29.7 Å². The maximum atomic E-state index is 13.8. The van der Waals surface area contributed by atoms with Gasteiger partial charge in [-0.05, 0) is 24.3 Å². The summed E-state index contributed by atoms with van der Waals surface area (Å²) in [7, 11) is 0. The number of benzene rings is 1. The minimum Gasteiger partial charge on any atom is -0.489 e. The SMILES string of the molecule is CCN1C(c2ccco2)N=C2c3[nH]c(=O)n(CCOc4ccc(F)cc4F)c3N=C(N)N21. The van der Waals surface area contributed by atoms with Crippen molar-refractivity contribution in [3.63, 3.8) is 0 Å². The summed E-state index contributed by atoms with van der Waals surface area (Å²) in [6, 6.07) is 6.59. The molecule has 4 heterocycles. The highest BCUT2D eigenvalue weighted by atomic mass is 19.1. The minimum atomic E-state index is -0.824. The van der Waals surface area contributed by atoms with Gasteiger partial charge >= 0.3 is 5.69 Å². The zero-order chi connectivity index (χ0) is 22.4. The van der Waals surface area contributed by atoms with Crippen molar-refractivity contribution >= 4 is 17.6 Å². The molecule has 0 amide bonds. The molecule has 1 atom stereocenters. The second-order valence-corrected chi connectivity index (χ2v) is 7.08. The third-order valence-electron chi connectivity index (χ3n) is 5.19. The molecule has 12 heteroatoms. The number of hydrogen-bond acceptors (Lipinski definition) is 8. The molecule has 5 rings (SSSR count). The molecule has 166 valence electrons. The van der Waals surface area contributed by atoms with Gasteiger partial charge in [-0.3, -0.25) is 4.57 Å². The quantitative estimate of drug-likeness (QED) is 0.603. The largest absolute Gasteiger partial charge is 0.489 e. The topological polar surface area (TPSA) is 117 Å². The van der Waals surface area contributed by atoms with Gasteiger partial charge in [0.1, 0.15) is 23.9 Å². The van der Waals surface area contributed by atoms with Gasteiger partial charge in [0, 0.05) is 12.6 Å². The fourth-order valence-electron chi connectivity index (χ4n) is 3.78. The zero-order valence-electron chi connectivity index (χ0n) is 17.0. The summed E-state index contributed by atoms with van der Waals surface area (Å²) in [5.74, 6) is -0.135. The standard InChI is InChI=1S/C20H19F2N7O3/c1-2-28-16(14-4-3-8-31-14)25-18-15-17(26-19(23)29(18)28)27(20(30)24-15)7-9-32-13-6-5-11(21)10-12(13)22/h3-6,8,10,16H,2,7,9H2,1H3,(H2,23,26)(H,24,30). The minimum absolute atomic E-state index is 0.0471. The summed E-state index contributed by atoms with van der Waals surface area (Å²) >= 11 is 0. The van der Waals surface area contributed by atoms with E-state index >= 15 is 0 Å². The molecule has 0 radical (unpaired) electrons. The number of aliphatic imine (C=N–C) groups is 2. The normalized spacial score (nSPS) is 17.7. The molecule has 0 aliphatic carbocycles. The van der Waals surface area contributed by atoms with Crippen LogP contribution in [0.2, 0.25) is 0 Å². The van der Waals surface area contributed by atoms with Gasteiger partial charge in [-0.1, -0.05) is 6.92 Å². The molecular weight excluding hydrogens is 424 g/mol. The number of rotatable bonds is 6. The van der Waals surface area contributed by atoms with Crippen LogP contribution in [0.15, 0.2) is 55.8 Å². The van der Waals surface area contributed by atoms with E-state index in [9.17, 15) is 13.6 Å². The predicted octanol–water partition coefficient (Wildman–Crippen LogP) is 2.08. The van der Waals surface area contributed by atoms with E-state index < -0.39 is 23.5 Å². The Balaban J connectivity index is 1.44. The van der Waals surface area contributed by atoms with Crippen LogP contribution in [0.25, 0.3) is 0 Å². The van der Waals surface area contributed by atoms with Crippen molar-refractivity contribution in [2.24, 2.45) is 15.7 Å². The highest BCUT2D eigenvalue weighted by Gasteiger charge is 2.42. The van der Waals surface area contributed by atoms with Gasteiger partial charge in [-0.2, -0.15) is 10.0 Å². The Hall–Kier alpha value is -3.93. The number of aromatic nitrogens is 2. The molecule has 1 unspecified atom stereocenters. The Morgan fingerprint density at radius 1 is 1.31 bits per heavy atom. The number of amidine groups is 1. The van der Waals surface area contributed by atoms with E-state index in [2.05, 4.69) is 9.98 Å². The van der Waals surface area contributed by atoms with E-state index in [4.69, 9.17) is 19.9 Å². The number of furan rings is 1. The molecule has 10 nitrogen and oxygen atoms in total. The van der Waals surface area contributed by atoms with E-state index in [0.717, 1.165) is 12.1 Å². The number of nitrogens with one attached hydrogen (secondary N) is 1. The number of hydrogen-bond donors (Lipinski definition) is 2. The molecule has 0 spiro atoms. The molecule has 2 aliphatic rings. The summed E-state index contributed by atoms with van der Waals surface area (Å²) in [6.45, 7) is 2.52. The molecule has 0 fully saturated rings. The van der Waals surface area contributed by atoms with Gasteiger partial charge in [-0.25, -0.2) is 23.6 Å². The van der Waals surface area contributed by atoms with Crippen LogP contribution < -0.4 is 16.2 Å². The van der Waals surface area contributed by atoms with Gasteiger partial charge in [0.2, 0.25) is 5.96 Å². The van der Waals surface area contributed by atoms with E-state index in [-0.39, 0.29) is 24.9 Å². The van der Waals surface area contributed by atoms with Gasteiger partial charge in [0.05, 0.1) is 12.8 Å². The van der Waals surface area contributed by atoms with Crippen LogP contribution in [-0.2, 0) is 6.54 Å². The first kappa shape index (κ1) is 20.0. The number of nitrogens with two attached hydrogens (primary N) is 1. The van der Waals surface area contributed by atoms with Crippen molar-refractivity contribution in [3.05, 3.63) is 70.2 Å². The first-order valence-electron chi connectivity index (χ1n) is 9.91. The lowest BCUT2D eigenvalue weighted by Crippen LogP contribution is -2.51. The Kier molecular flexibility index (Phi) is 4.78. The van der Waals surface area contributed by atoms with E-state index in [1.807, 2.05) is 18.0 Å². The Bertz CT molecular complexity index is 1280. The summed E-state index contributed by atoms with van der Waals surface area (Å²) in [5, 5.41) is 3.51. The van der Waals surface area contributed by atoms with Crippen LogP contribution in [0.1, 0.15) is 24.5 Å². The molecule has 1 aromatic carbocycles. The Labute approximate surface area is 180 Å². The number of imidazole rings is 1. The summed E-state index contributed by atoms with van der Waals surface area (Å²) < 4.78 is 39.0. The average Bonchev–Trinajstić information content (AvgIpc) is 3.48. The summed E-state index contributed by atoms with van der Waals surface area (Å²) in [6.07, 6.45) is 1.10. The van der Waals surface area contributed by atoms with E-state index in [1.165, 1.54) is 10.6 Å². The number of fused-ring (bicyclic) bond motifs is 3. The number of H-pyrrole nitrogens is 1. The number of halogens is 2. The zero-order valence-corrected chi connectivity index (χ0v) is 17.0. The fourth-order valence-corrected chi connectivity index (χ4v) is 3.78. The second-order valence-electron chi connectivity index (χ2n) is 7.08. The molecule has 3 aromatic rings. The molecule has 32 heavy (non-hydrogen) atoms. The van der Waals surface area contributed by atoms with Crippen LogP contribution >= 0.6 is 0 Å². The van der Waals surface area contributed by atoms with Crippen molar-refractivity contribution in [1.29, 1.82) is 0 Å². The van der Waals surface area contributed by atoms with Gasteiger partial charge in [-0.15, -0.1) is 0 Å². The Morgan fingerprint density at radius 3 is 2.88 bits per heavy atom. The summed E-state index contributed by atoms with van der Waals surface area (Å²) in [4.78, 5) is 24.5. The molecule has 0 saturated carbocycles. The predicted molar refractivity (Wildman–Crippen MR) is 110 cm³/mol. The van der Waals surface area contributed by atoms with Crippen molar-refractivity contribution in [2.75, 3.05) is 13.2 Å². The summed E-state index contributed by atoms with van der Waals surface area (Å²) in [5.41, 5.74) is 6.19. The number of nitrogens with zero attached hydrogens (tertiary/aromatic N) is 5. The van der Waals surface area contributed by atoms with E-state index in [1.54, 1.807) is 17.3 Å². The fraction of sp³-hybridized carbons (Fsp3) is 0.250. The highest BCUT2D eigenvalue weighted by Crippen LogP contribution is 2.36. The van der Waals surface area contributed by atoms with Gasteiger partial charge in [0.15, 0.2) is 29.4 Å². The molecule has 2 aromatic heterocycles. The number of guanidine groups is 1. The lowest BCUT2D eigenvalue weighted by molar-refractivity contribution is 0.0782. The highest BCUT2D eigenvalue weighted by molar-refractivity contribution is 6.13. The molecule has 3 N–H and O–H groups in total. The lowest BCUT2D eigenvalue weighted by Gasteiger charge is -2.32. The average molecular weight is 443 g/mol. The molecule has 0 saturated heterocycles. The van der Waals surface area contributed by atoms with Crippen molar-refractivity contribution in [3.8, 4) is 5.75 Å². The van der Waals surface area contributed by atoms with Crippen LogP contribution in [-0.4, -0.2) is 44.5 Å². The lowest BCUT2D eigenvalue weighted by atomic mass is 10.3. The van der Waals surface area contributed by atoms with Gasteiger partial charge < -0.3 is 19.9 Å². The first-order chi connectivity index (χ1) is 15.5. The third-order valence-corrected chi connectivity index (χ3v) is 5.19. The number of ether oxygens (including phenoxy) is 1. The first-order valence-corrected chi connectivity index (χ1v) is 9.91. The third kappa shape index (κ3) is 3.15. The Morgan fingerprint density at radius 2 is 2.16 bits per heavy atom. The van der Waals surface area contributed by atoms with Crippen LogP contribution in [0, 0.1) is 11.6 Å². The molecule has 0 bridgehead atoms. The smallest absolute Gasteiger partial charge is 0.327 e. The van der Waals surface area contributed by atoms with Crippen molar-refractivity contribution in [1.82, 2.24) is 19.6 Å². The number of hydrazine groups is 1. The van der Waals surface area contributed by atoms with Gasteiger partial charge in [0.25, 0.3) is 0 Å². The maximum absolute atomic E-state index is 13.8. The maximum Gasteiger partial charge on any atom is 0.327 e. The van der Waals surface area contributed by atoms with Crippen molar-refractivity contribution in [2.45, 2.75) is 19.6 Å². The monoisotopic (exact) mass is 443 g/mol. The second kappa shape index (κ2) is 7.64. The van der Waals surface area contributed by atoms with Crippen LogP contribution in [0.5, 0.6) is 5.75 Å².